The van der Waals surface area contributed by atoms with Gasteiger partial charge in [0.25, 0.3) is 0 Å². The van der Waals surface area contributed by atoms with E-state index in [0.29, 0.717) is 0 Å². The number of hydrogen-bond acceptors (Lipinski definition) is 4. The standard InChI is InChI=1S/C10H13NO4S/c1-7-4-5-9(16(3,13)14)8(6-7)11-10(12)15-2/h4-6H,1-3H3,(H,11,12). The zero-order chi connectivity index (χ0) is 12.3. The number of amides is 1. The Morgan fingerprint density at radius 3 is 2.50 bits per heavy atom. The fourth-order valence-electron chi connectivity index (χ4n) is 1.23. The van der Waals surface area contributed by atoms with Crippen molar-refractivity contribution in [3.05, 3.63) is 23.8 Å². The van der Waals surface area contributed by atoms with E-state index in [1.165, 1.54) is 13.2 Å². The highest BCUT2D eigenvalue weighted by atomic mass is 32.2. The van der Waals surface area contributed by atoms with Crippen molar-refractivity contribution < 1.29 is 17.9 Å². The van der Waals surface area contributed by atoms with Crippen LogP contribution in [0.25, 0.3) is 0 Å². The van der Waals surface area contributed by atoms with Crippen LogP contribution >= 0.6 is 0 Å². The summed E-state index contributed by atoms with van der Waals surface area (Å²) in [5.41, 5.74) is 1.08. The first-order chi connectivity index (χ1) is 7.34. The van der Waals surface area contributed by atoms with Crippen LogP contribution in [-0.2, 0) is 14.6 Å². The second-order valence-corrected chi connectivity index (χ2v) is 5.37. The molecule has 1 aromatic carbocycles. The molecule has 0 fully saturated rings. The molecule has 1 rings (SSSR count). The predicted molar refractivity (Wildman–Crippen MR) is 60.3 cm³/mol. The van der Waals surface area contributed by atoms with E-state index in [1.807, 2.05) is 0 Å². The Morgan fingerprint density at radius 1 is 1.38 bits per heavy atom. The van der Waals surface area contributed by atoms with Crippen LogP contribution in [0.3, 0.4) is 0 Å². The van der Waals surface area contributed by atoms with Crippen molar-refractivity contribution >= 4 is 21.6 Å². The third kappa shape index (κ3) is 2.96. The number of carbonyl (C=O) groups excluding carboxylic acids is 1. The Kier molecular flexibility index (Phi) is 3.54. The molecular formula is C10H13NO4S. The molecule has 1 amide bonds. The summed E-state index contributed by atoms with van der Waals surface area (Å²) in [4.78, 5) is 11.1. The van der Waals surface area contributed by atoms with Gasteiger partial charge in [0.05, 0.1) is 17.7 Å². The molecule has 0 bridgehead atoms. The fourth-order valence-corrected chi connectivity index (χ4v) is 2.05. The first-order valence-corrected chi connectivity index (χ1v) is 6.39. The Bertz CT molecular complexity index is 508. The topological polar surface area (TPSA) is 72.5 Å². The highest BCUT2D eigenvalue weighted by Gasteiger charge is 2.15. The predicted octanol–water partition coefficient (Wildman–Crippen LogP) is 1.58. The Labute approximate surface area is 94.3 Å². The Hall–Kier alpha value is -1.56. The van der Waals surface area contributed by atoms with Gasteiger partial charge in [-0.2, -0.15) is 0 Å². The van der Waals surface area contributed by atoms with E-state index in [1.54, 1.807) is 19.1 Å². The minimum absolute atomic E-state index is 0.0727. The minimum atomic E-state index is -3.37. The van der Waals surface area contributed by atoms with Crippen LogP contribution in [0.2, 0.25) is 0 Å². The maximum Gasteiger partial charge on any atom is 0.411 e. The van der Waals surface area contributed by atoms with Crippen LogP contribution in [0.4, 0.5) is 10.5 Å². The van der Waals surface area contributed by atoms with Crippen molar-refractivity contribution in [2.45, 2.75) is 11.8 Å². The second kappa shape index (κ2) is 4.52. The summed E-state index contributed by atoms with van der Waals surface area (Å²) >= 11 is 0. The molecule has 0 aliphatic carbocycles. The number of benzene rings is 1. The number of nitrogens with one attached hydrogen (secondary N) is 1. The van der Waals surface area contributed by atoms with Crippen molar-refractivity contribution in [1.29, 1.82) is 0 Å². The summed E-state index contributed by atoms with van der Waals surface area (Å²) in [6.45, 7) is 1.80. The van der Waals surface area contributed by atoms with Gasteiger partial charge in [0, 0.05) is 6.26 Å². The summed E-state index contributed by atoms with van der Waals surface area (Å²) in [6.07, 6.45) is 0.385. The van der Waals surface area contributed by atoms with Gasteiger partial charge < -0.3 is 4.74 Å². The van der Waals surface area contributed by atoms with E-state index in [0.717, 1.165) is 11.8 Å². The van der Waals surface area contributed by atoms with E-state index in [4.69, 9.17) is 0 Å². The zero-order valence-electron chi connectivity index (χ0n) is 9.27. The highest BCUT2D eigenvalue weighted by molar-refractivity contribution is 7.90. The molecule has 0 aliphatic heterocycles. The molecule has 0 heterocycles. The summed E-state index contributed by atoms with van der Waals surface area (Å²) in [5, 5.41) is 2.37. The Balaban J connectivity index is 3.24. The van der Waals surface area contributed by atoms with Crippen molar-refractivity contribution in [2.24, 2.45) is 0 Å². The van der Waals surface area contributed by atoms with Gasteiger partial charge in [-0.05, 0) is 24.6 Å². The van der Waals surface area contributed by atoms with Crippen LogP contribution in [0.1, 0.15) is 5.56 Å². The fraction of sp³-hybridized carbons (Fsp3) is 0.300. The number of carbonyl (C=O) groups is 1. The molecule has 6 heteroatoms. The van der Waals surface area contributed by atoms with Gasteiger partial charge in [-0.15, -0.1) is 0 Å². The summed E-state index contributed by atoms with van der Waals surface area (Å²) in [5.74, 6) is 0. The number of rotatable bonds is 2. The molecule has 88 valence electrons. The number of anilines is 1. The van der Waals surface area contributed by atoms with Gasteiger partial charge in [-0.25, -0.2) is 13.2 Å². The van der Waals surface area contributed by atoms with Gasteiger partial charge >= 0.3 is 6.09 Å². The van der Waals surface area contributed by atoms with Crippen molar-refractivity contribution in [2.75, 3.05) is 18.7 Å². The molecule has 0 unspecified atom stereocenters. The van der Waals surface area contributed by atoms with Gasteiger partial charge in [-0.3, -0.25) is 5.32 Å². The summed E-state index contributed by atoms with van der Waals surface area (Å²) < 4.78 is 27.3. The van der Waals surface area contributed by atoms with Crippen LogP contribution in [-0.4, -0.2) is 27.9 Å². The molecule has 0 aromatic heterocycles. The van der Waals surface area contributed by atoms with E-state index in [-0.39, 0.29) is 10.6 Å². The third-order valence-electron chi connectivity index (χ3n) is 1.96. The molecule has 5 nitrogen and oxygen atoms in total. The van der Waals surface area contributed by atoms with Crippen molar-refractivity contribution in [3.8, 4) is 0 Å². The molecule has 1 N–H and O–H groups in total. The number of ether oxygens (including phenoxy) is 1. The van der Waals surface area contributed by atoms with E-state index in [2.05, 4.69) is 10.1 Å². The maximum absolute atomic E-state index is 11.4. The molecular weight excluding hydrogens is 230 g/mol. The van der Waals surface area contributed by atoms with Crippen molar-refractivity contribution in [1.82, 2.24) is 0 Å². The van der Waals surface area contributed by atoms with Crippen LogP contribution < -0.4 is 5.32 Å². The van der Waals surface area contributed by atoms with Crippen LogP contribution in [0, 0.1) is 6.92 Å². The lowest BCUT2D eigenvalue weighted by molar-refractivity contribution is 0.187. The molecule has 1 aromatic rings. The number of hydrogen-bond donors (Lipinski definition) is 1. The molecule has 0 saturated heterocycles. The normalized spacial score (nSPS) is 10.9. The average molecular weight is 243 g/mol. The average Bonchev–Trinajstić information content (AvgIpc) is 2.15. The number of methoxy groups -OCH3 is 1. The third-order valence-corrected chi connectivity index (χ3v) is 3.11. The first-order valence-electron chi connectivity index (χ1n) is 4.50. The van der Waals surface area contributed by atoms with Crippen molar-refractivity contribution in [3.63, 3.8) is 0 Å². The van der Waals surface area contributed by atoms with Crippen LogP contribution in [0.5, 0.6) is 0 Å². The van der Waals surface area contributed by atoms with E-state index in [9.17, 15) is 13.2 Å². The van der Waals surface area contributed by atoms with Gasteiger partial charge in [-0.1, -0.05) is 6.07 Å². The quantitative estimate of drug-likeness (QED) is 0.855. The lowest BCUT2D eigenvalue weighted by Crippen LogP contribution is -2.14. The highest BCUT2D eigenvalue weighted by Crippen LogP contribution is 2.22. The molecule has 16 heavy (non-hydrogen) atoms. The second-order valence-electron chi connectivity index (χ2n) is 3.39. The lowest BCUT2D eigenvalue weighted by atomic mass is 10.2. The number of sulfone groups is 1. The van der Waals surface area contributed by atoms with Gasteiger partial charge in [0.15, 0.2) is 9.84 Å². The largest absolute Gasteiger partial charge is 0.453 e. The minimum Gasteiger partial charge on any atom is -0.453 e. The number of aryl methyl sites for hydroxylation is 1. The van der Waals surface area contributed by atoms with Gasteiger partial charge in [0.1, 0.15) is 0 Å². The zero-order valence-corrected chi connectivity index (χ0v) is 10.1. The Morgan fingerprint density at radius 2 is 2.00 bits per heavy atom. The van der Waals surface area contributed by atoms with Gasteiger partial charge in [0.2, 0.25) is 0 Å². The van der Waals surface area contributed by atoms with E-state index < -0.39 is 15.9 Å². The summed E-state index contributed by atoms with van der Waals surface area (Å²) in [7, 11) is -2.16. The molecule has 0 aliphatic rings. The summed E-state index contributed by atoms with van der Waals surface area (Å²) in [6, 6.07) is 4.70. The molecule has 0 radical (unpaired) electrons. The first kappa shape index (κ1) is 12.5. The SMILES string of the molecule is COC(=O)Nc1cc(C)ccc1S(C)(=O)=O. The maximum atomic E-state index is 11.4. The molecule has 0 atom stereocenters. The molecule has 0 spiro atoms. The lowest BCUT2D eigenvalue weighted by Gasteiger charge is -2.09. The monoisotopic (exact) mass is 243 g/mol. The molecule has 0 saturated carbocycles. The van der Waals surface area contributed by atoms with Crippen LogP contribution in [0.15, 0.2) is 23.1 Å². The smallest absolute Gasteiger partial charge is 0.411 e. The van der Waals surface area contributed by atoms with E-state index >= 15 is 0 Å².